The van der Waals surface area contributed by atoms with Crippen molar-refractivity contribution in [3.05, 3.63) is 232 Å². The van der Waals surface area contributed by atoms with Crippen LogP contribution in [0.4, 0.5) is 46.0 Å². The smallest absolute Gasteiger partial charge is 0.494 e. The number of aromatic nitrogens is 4. The Labute approximate surface area is 431 Å². The van der Waals surface area contributed by atoms with Crippen molar-refractivity contribution in [3.63, 3.8) is 0 Å². The third-order valence-corrected chi connectivity index (χ3v) is 12.1. The monoisotopic (exact) mass is 1260 g/mol. The second kappa shape index (κ2) is 18.7. The molecule has 4 aliphatic rings. The van der Waals surface area contributed by atoms with Gasteiger partial charge in [-0.2, -0.15) is 12.1 Å². The average molecular weight is 1260 g/mol. The van der Waals surface area contributed by atoms with Gasteiger partial charge in [-0.15, -0.1) is 37.7 Å². The Morgan fingerprint density at radius 2 is 0.623 bits per heavy atom. The maximum absolute atomic E-state index is 5.21. The first-order chi connectivity index (χ1) is 32.8. The van der Waals surface area contributed by atoms with E-state index < -0.39 is 0 Å². The topological polar surface area (TPSA) is 69.5 Å². The summed E-state index contributed by atoms with van der Waals surface area (Å²) < 4.78 is 2.10. The molecule has 0 spiro atoms. The van der Waals surface area contributed by atoms with Gasteiger partial charge in [-0.1, -0.05) is 94.8 Å². The number of anilines is 8. The van der Waals surface area contributed by atoms with E-state index in [1.54, 1.807) is 0 Å². The molecule has 4 aromatic heterocycles. The van der Waals surface area contributed by atoms with Gasteiger partial charge in [0.1, 0.15) is 0 Å². The van der Waals surface area contributed by atoms with E-state index >= 15 is 0 Å². The summed E-state index contributed by atoms with van der Waals surface area (Å²) in [6, 6.07) is 48.5. The van der Waals surface area contributed by atoms with Crippen molar-refractivity contribution in [2.24, 2.45) is 0 Å². The summed E-state index contributed by atoms with van der Waals surface area (Å²) in [6.07, 6.45) is 19.8. The fourth-order valence-electron chi connectivity index (χ4n) is 8.28. The predicted octanol–water partition coefficient (Wildman–Crippen LogP) is 11.1. The SMILES string of the molecule is Cc1ccc(N2C=CN(c3[c-]c4c(cn3)c3cnc(N5C=CN(c6ccc(C)cc6)[CH-]5)[c-]c3n4-c3[c-]c(N4C=CN(c5ccc(C)cc5)[CH-]4)nc(N4C=CN(c5ccc(C)cc5)[CH-]4)[c-]3)[CH-]2)cc1.[Pt+4].[Pt+4]. The van der Waals surface area contributed by atoms with E-state index in [0.29, 0.717) is 29.0 Å². The van der Waals surface area contributed by atoms with Gasteiger partial charge in [0.05, 0.1) is 0 Å². The average Bonchev–Trinajstić information content (AvgIpc) is 4.22. The van der Waals surface area contributed by atoms with Gasteiger partial charge in [-0.25, -0.2) is 10.8 Å². The Morgan fingerprint density at radius 3 is 0.928 bits per heavy atom. The molecule has 4 aromatic carbocycles. The largest absolute Gasteiger partial charge is 4.00 e. The van der Waals surface area contributed by atoms with Crippen LogP contribution < -0.4 is 39.2 Å². The standard InChI is InChI=1S/C55H42N12.2Pt/c1-39-5-13-43(14-6-39)59-21-25-63(35-59)52-31-50-48(33-56-52)49-34-57-53(64-26-22-60(36-64)44-15-7-40(2)8-16-44)32-51(49)67(50)47-29-54(65-27-23-61(37-65)45-17-9-41(3)10-18-45)58-55(30-47)66-28-24-62(38-66)46-19-11-42(4)12-20-46;;/h5-28,33-38H,1-4H3;;/q-8;2*+4. The van der Waals surface area contributed by atoms with Crippen LogP contribution in [-0.4, -0.2) is 19.5 Å². The normalized spacial score (nSPS) is 15.2. The Kier molecular flexibility index (Phi) is 12.4. The van der Waals surface area contributed by atoms with Crippen LogP contribution in [0.15, 0.2) is 159 Å². The van der Waals surface area contributed by atoms with Crippen molar-refractivity contribution < 1.29 is 42.1 Å². The van der Waals surface area contributed by atoms with Crippen molar-refractivity contribution in [2.75, 3.05) is 39.2 Å². The summed E-state index contributed by atoms with van der Waals surface area (Å²) in [4.78, 5) is 31.3. The molecule has 8 aromatic rings. The number of fused-ring (bicyclic) bond motifs is 3. The molecule has 0 radical (unpaired) electrons. The van der Waals surface area contributed by atoms with Crippen LogP contribution in [0.1, 0.15) is 22.3 Å². The van der Waals surface area contributed by atoms with Crippen LogP contribution in [0.5, 0.6) is 0 Å². The molecular formula is C55H42N12Pt2. The van der Waals surface area contributed by atoms with Crippen molar-refractivity contribution >= 4 is 67.8 Å². The summed E-state index contributed by atoms with van der Waals surface area (Å²) in [7, 11) is 0. The van der Waals surface area contributed by atoms with E-state index in [1.165, 1.54) is 22.3 Å². The summed E-state index contributed by atoms with van der Waals surface area (Å²) in [5, 5.41) is 1.71. The molecule has 342 valence electrons. The van der Waals surface area contributed by atoms with Gasteiger partial charge in [0.25, 0.3) is 0 Å². The van der Waals surface area contributed by atoms with Crippen molar-refractivity contribution in [1.82, 2.24) is 19.5 Å². The van der Waals surface area contributed by atoms with Crippen molar-refractivity contribution in [3.8, 4) is 5.69 Å². The molecule has 14 heteroatoms. The molecule has 0 saturated carbocycles. The Balaban J connectivity index is 0.00000277. The molecule has 12 nitrogen and oxygen atoms in total. The zero-order chi connectivity index (χ0) is 45.2. The van der Waals surface area contributed by atoms with Crippen LogP contribution in [-0.2, 0) is 42.1 Å². The molecule has 0 saturated heterocycles. The Bertz CT molecular complexity index is 3080. The molecule has 0 amide bonds. The van der Waals surface area contributed by atoms with E-state index in [4.69, 9.17) is 15.0 Å². The van der Waals surface area contributed by atoms with E-state index in [2.05, 4.69) is 173 Å². The minimum Gasteiger partial charge on any atom is -0.494 e. The van der Waals surface area contributed by atoms with Crippen LogP contribution >= 0.6 is 0 Å². The summed E-state index contributed by atoms with van der Waals surface area (Å²) in [5.74, 6) is 2.36. The number of nitrogens with zero attached hydrogens (tertiary/aromatic N) is 12. The molecule has 0 fully saturated rings. The minimum atomic E-state index is 0. The molecule has 0 unspecified atom stereocenters. The van der Waals surface area contributed by atoms with E-state index in [-0.39, 0.29) is 42.1 Å². The van der Waals surface area contributed by atoms with E-state index in [9.17, 15) is 0 Å². The molecule has 8 heterocycles. The van der Waals surface area contributed by atoms with Gasteiger partial charge in [0, 0.05) is 34.4 Å². The van der Waals surface area contributed by atoms with Crippen LogP contribution in [0.2, 0.25) is 0 Å². The molecule has 0 N–H and O–H groups in total. The third-order valence-electron chi connectivity index (χ3n) is 12.1. The summed E-state index contributed by atoms with van der Waals surface area (Å²) in [5.41, 5.74) is 11.1. The number of pyridine rings is 3. The fourth-order valence-corrected chi connectivity index (χ4v) is 8.28. The van der Waals surface area contributed by atoms with Gasteiger partial charge in [-0.3, -0.25) is 15.0 Å². The van der Waals surface area contributed by atoms with Crippen molar-refractivity contribution in [1.29, 1.82) is 0 Å². The quantitative estimate of drug-likeness (QED) is 0.130. The number of rotatable bonds is 9. The second-order valence-electron chi connectivity index (χ2n) is 16.9. The zero-order valence-electron chi connectivity index (χ0n) is 37.8. The molecule has 0 aliphatic carbocycles. The first-order valence-corrected chi connectivity index (χ1v) is 21.9. The van der Waals surface area contributed by atoms with Crippen LogP contribution in [0.25, 0.3) is 27.5 Å². The molecule has 69 heavy (non-hydrogen) atoms. The maximum Gasteiger partial charge on any atom is 4.00 e. The fraction of sp³-hybridized carbons (Fsp3) is 0.0727. The molecule has 0 atom stereocenters. The van der Waals surface area contributed by atoms with Crippen LogP contribution in [0.3, 0.4) is 0 Å². The van der Waals surface area contributed by atoms with Gasteiger partial charge < -0.3 is 61.6 Å². The Morgan fingerprint density at radius 1 is 0.348 bits per heavy atom. The summed E-state index contributed by atoms with van der Waals surface area (Å²) >= 11 is 0. The number of aryl methyl sites for hydroxylation is 4. The van der Waals surface area contributed by atoms with E-state index in [1.807, 2.05) is 108 Å². The van der Waals surface area contributed by atoms with Gasteiger partial charge in [-0.05, 0) is 126 Å². The second-order valence-corrected chi connectivity index (χ2v) is 16.9. The van der Waals surface area contributed by atoms with E-state index in [0.717, 1.165) is 44.6 Å². The minimum absolute atomic E-state index is 0. The first-order valence-electron chi connectivity index (χ1n) is 21.9. The summed E-state index contributed by atoms with van der Waals surface area (Å²) in [6.45, 7) is 16.4. The number of benzene rings is 4. The predicted molar refractivity (Wildman–Crippen MR) is 268 cm³/mol. The number of hydrogen-bond acceptors (Lipinski definition) is 11. The molecule has 0 bridgehead atoms. The van der Waals surface area contributed by atoms with Gasteiger partial charge in [0.15, 0.2) is 0 Å². The van der Waals surface area contributed by atoms with Crippen LogP contribution in [0, 0.1) is 78.6 Å². The molecular weight excluding hydrogens is 1220 g/mol. The Hall–Kier alpha value is -7.13. The zero-order valence-corrected chi connectivity index (χ0v) is 42.4. The third kappa shape index (κ3) is 8.79. The molecule has 12 rings (SSSR count). The van der Waals surface area contributed by atoms with Gasteiger partial charge >= 0.3 is 42.1 Å². The number of hydrogen-bond donors (Lipinski definition) is 0. The first kappa shape index (κ1) is 45.6. The van der Waals surface area contributed by atoms with Crippen molar-refractivity contribution in [2.45, 2.75) is 27.7 Å². The maximum atomic E-state index is 5.21. The van der Waals surface area contributed by atoms with Gasteiger partial charge in [0.2, 0.25) is 0 Å². The molecule has 4 aliphatic heterocycles.